The lowest BCUT2D eigenvalue weighted by molar-refractivity contribution is 0.281. The van der Waals surface area contributed by atoms with E-state index in [2.05, 4.69) is 31.7 Å². The largest absolute Gasteiger partial charge is 0.392 e. The van der Waals surface area contributed by atoms with Crippen molar-refractivity contribution < 1.29 is 5.11 Å². The van der Waals surface area contributed by atoms with Crippen LogP contribution in [0.25, 0.3) is 0 Å². The van der Waals surface area contributed by atoms with Gasteiger partial charge in [0.05, 0.1) is 6.61 Å². The fourth-order valence-corrected chi connectivity index (χ4v) is 3.09. The molecule has 112 valence electrons. The van der Waals surface area contributed by atoms with Crippen LogP contribution in [0.2, 0.25) is 0 Å². The first-order valence-electron chi connectivity index (χ1n) is 7.99. The number of hydrogen-bond acceptors (Lipinski definition) is 3. The summed E-state index contributed by atoms with van der Waals surface area (Å²) in [5.41, 5.74) is 2.06. The maximum Gasteiger partial charge on any atom is 0.129 e. The minimum atomic E-state index is 0.102. The van der Waals surface area contributed by atoms with Crippen LogP contribution in [0, 0.1) is 11.8 Å². The van der Waals surface area contributed by atoms with E-state index in [0.29, 0.717) is 0 Å². The van der Waals surface area contributed by atoms with Gasteiger partial charge in [-0.15, -0.1) is 0 Å². The minimum absolute atomic E-state index is 0.102. The molecule has 20 heavy (non-hydrogen) atoms. The third kappa shape index (κ3) is 3.72. The van der Waals surface area contributed by atoms with Crippen molar-refractivity contribution in [3.8, 4) is 0 Å². The van der Waals surface area contributed by atoms with E-state index in [-0.39, 0.29) is 6.61 Å². The molecular weight excluding hydrogens is 248 g/mol. The van der Waals surface area contributed by atoms with Gasteiger partial charge in [0.15, 0.2) is 0 Å². The Morgan fingerprint density at radius 1 is 1.30 bits per heavy atom. The van der Waals surface area contributed by atoms with Crippen molar-refractivity contribution in [1.82, 2.24) is 4.98 Å². The third-order valence-electron chi connectivity index (χ3n) is 4.51. The Kier molecular flexibility index (Phi) is 5.41. The fourth-order valence-electron chi connectivity index (χ4n) is 3.09. The summed E-state index contributed by atoms with van der Waals surface area (Å²) in [6.07, 6.45) is 4.75. The molecule has 1 aliphatic heterocycles. The van der Waals surface area contributed by atoms with E-state index in [9.17, 15) is 5.11 Å². The molecule has 1 unspecified atom stereocenters. The first-order chi connectivity index (χ1) is 9.63. The average molecular weight is 276 g/mol. The molecule has 1 aliphatic rings. The summed E-state index contributed by atoms with van der Waals surface area (Å²) in [6, 6.07) is 4.06. The molecular formula is C17H28N2O. The lowest BCUT2D eigenvalue weighted by Crippen LogP contribution is -2.26. The van der Waals surface area contributed by atoms with Crippen molar-refractivity contribution in [3.05, 3.63) is 23.4 Å². The predicted molar refractivity (Wildman–Crippen MR) is 83.9 cm³/mol. The SMILES string of the molecule is CCc1cc(CO)cc(N2CCCC(C(C)C)CC2)n1. The summed E-state index contributed by atoms with van der Waals surface area (Å²) in [6.45, 7) is 9.07. The maximum absolute atomic E-state index is 9.40. The number of rotatable bonds is 4. The lowest BCUT2D eigenvalue weighted by atomic mass is 9.89. The Hall–Kier alpha value is -1.09. The molecule has 2 rings (SSSR count). The van der Waals surface area contributed by atoms with Crippen LogP contribution in [0.15, 0.2) is 12.1 Å². The molecule has 1 saturated heterocycles. The molecule has 2 heterocycles. The van der Waals surface area contributed by atoms with E-state index in [1.807, 2.05) is 6.07 Å². The number of aliphatic hydroxyl groups is 1. The van der Waals surface area contributed by atoms with E-state index < -0.39 is 0 Å². The highest BCUT2D eigenvalue weighted by Gasteiger charge is 2.20. The van der Waals surface area contributed by atoms with Gasteiger partial charge in [-0.2, -0.15) is 0 Å². The smallest absolute Gasteiger partial charge is 0.129 e. The van der Waals surface area contributed by atoms with Gasteiger partial charge in [-0.3, -0.25) is 0 Å². The quantitative estimate of drug-likeness (QED) is 0.915. The van der Waals surface area contributed by atoms with Crippen LogP contribution in [0.5, 0.6) is 0 Å². The second-order valence-electron chi connectivity index (χ2n) is 6.26. The molecule has 0 saturated carbocycles. The van der Waals surface area contributed by atoms with Gasteiger partial charge >= 0.3 is 0 Å². The van der Waals surface area contributed by atoms with Crippen molar-refractivity contribution in [1.29, 1.82) is 0 Å². The molecule has 0 aliphatic carbocycles. The fraction of sp³-hybridized carbons (Fsp3) is 0.706. The van der Waals surface area contributed by atoms with Gasteiger partial charge in [0.2, 0.25) is 0 Å². The van der Waals surface area contributed by atoms with Crippen LogP contribution in [0.1, 0.15) is 51.3 Å². The van der Waals surface area contributed by atoms with E-state index in [1.54, 1.807) is 0 Å². The van der Waals surface area contributed by atoms with Crippen LogP contribution in [-0.4, -0.2) is 23.2 Å². The summed E-state index contributed by atoms with van der Waals surface area (Å²) < 4.78 is 0. The van der Waals surface area contributed by atoms with Crippen LogP contribution in [0.4, 0.5) is 5.82 Å². The van der Waals surface area contributed by atoms with E-state index in [4.69, 9.17) is 4.98 Å². The molecule has 1 atom stereocenters. The second-order valence-corrected chi connectivity index (χ2v) is 6.26. The monoisotopic (exact) mass is 276 g/mol. The maximum atomic E-state index is 9.40. The zero-order chi connectivity index (χ0) is 14.5. The van der Waals surface area contributed by atoms with Crippen molar-refractivity contribution in [2.24, 2.45) is 11.8 Å². The highest BCUT2D eigenvalue weighted by atomic mass is 16.3. The topological polar surface area (TPSA) is 36.4 Å². The Balaban J connectivity index is 2.14. The zero-order valence-electron chi connectivity index (χ0n) is 13.1. The van der Waals surface area contributed by atoms with Crippen molar-refractivity contribution in [2.75, 3.05) is 18.0 Å². The number of nitrogens with zero attached hydrogens (tertiary/aromatic N) is 2. The van der Waals surface area contributed by atoms with Crippen LogP contribution < -0.4 is 4.90 Å². The highest BCUT2D eigenvalue weighted by molar-refractivity contribution is 5.43. The van der Waals surface area contributed by atoms with Gasteiger partial charge in [0.25, 0.3) is 0 Å². The van der Waals surface area contributed by atoms with Gasteiger partial charge in [-0.1, -0.05) is 20.8 Å². The van der Waals surface area contributed by atoms with Crippen molar-refractivity contribution >= 4 is 5.82 Å². The van der Waals surface area contributed by atoms with E-state index >= 15 is 0 Å². The van der Waals surface area contributed by atoms with Gasteiger partial charge in [0, 0.05) is 18.8 Å². The Morgan fingerprint density at radius 2 is 2.10 bits per heavy atom. The lowest BCUT2D eigenvalue weighted by Gasteiger charge is -2.23. The summed E-state index contributed by atoms with van der Waals surface area (Å²) in [5, 5.41) is 9.40. The van der Waals surface area contributed by atoms with Crippen molar-refractivity contribution in [2.45, 2.75) is 53.1 Å². The number of anilines is 1. The number of aliphatic hydroxyl groups excluding tert-OH is 1. The molecule has 1 N–H and O–H groups in total. The Morgan fingerprint density at radius 3 is 2.75 bits per heavy atom. The van der Waals surface area contributed by atoms with Gasteiger partial charge in [-0.25, -0.2) is 4.98 Å². The number of aromatic nitrogens is 1. The molecule has 3 heteroatoms. The number of aryl methyl sites for hydroxylation is 1. The molecule has 0 amide bonds. The molecule has 0 bridgehead atoms. The normalized spacial score (nSPS) is 20.2. The minimum Gasteiger partial charge on any atom is -0.392 e. The van der Waals surface area contributed by atoms with Gasteiger partial charge in [-0.05, 0) is 55.2 Å². The van der Waals surface area contributed by atoms with Gasteiger partial charge < -0.3 is 10.0 Å². The molecule has 0 aromatic carbocycles. The zero-order valence-corrected chi connectivity index (χ0v) is 13.1. The molecule has 1 aromatic rings. The van der Waals surface area contributed by atoms with Crippen LogP contribution in [0.3, 0.4) is 0 Å². The first kappa shape index (κ1) is 15.3. The highest BCUT2D eigenvalue weighted by Crippen LogP contribution is 2.27. The first-order valence-corrected chi connectivity index (χ1v) is 7.99. The molecule has 3 nitrogen and oxygen atoms in total. The van der Waals surface area contributed by atoms with Crippen LogP contribution >= 0.6 is 0 Å². The predicted octanol–water partition coefficient (Wildman–Crippen LogP) is 3.40. The standard InChI is InChI=1S/C17H28N2O/c1-4-16-10-14(12-20)11-17(18-16)19-8-5-6-15(7-9-19)13(2)3/h10-11,13,15,20H,4-9,12H2,1-3H3. The molecule has 0 radical (unpaired) electrons. The molecule has 0 spiro atoms. The Bertz CT molecular complexity index is 409. The summed E-state index contributed by atoms with van der Waals surface area (Å²) in [7, 11) is 0. The summed E-state index contributed by atoms with van der Waals surface area (Å²) >= 11 is 0. The van der Waals surface area contributed by atoms with E-state index in [1.165, 1.54) is 19.3 Å². The van der Waals surface area contributed by atoms with E-state index in [0.717, 1.165) is 48.4 Å². The molecule has 1 aromatic heterocycles. The van der Waals surface area contributed by atoms with Crippen LogP contribution in [-0.2, 0) is 13.0 Å². The summed E-state index contributed by atoms with van der Waals surface area (Å²) in [5.74, 6) is 2.67. The molecule has 1 fully saturated rings. The van der Waals surface area contributed by atoms with Gasteiger partial charge in [0.1, 0.15) is 5.82 Å². The third-order valence-corrected chi connectivity index (χ3v) is 4.51. The Labute approximate surface area is 123 Å². The second kappa shape index (κ2) is 7.07. The average Bonchev–Trinajstić information content (AvgIpc) is 2.72. The van der Waals surface area contributed by atoms with Crippen molar-refractivity contribution in [3.63, 3.8) is 0 Å². The number of hydrogen-bond donors (Lipinski definition) is 1. The number of pyridine rings is 1. The summed E-state index contributed by atoms with van der Waals surface area (Å²) in [4.78, 5) is 7.15.